The average molecular weight is 134 g/mol. The van der Waals surface area contributed by atoms with Gasteiger partial charge in [-0.3, -0.25) is 0 Å². The molecule has 0 bridgehead atoms. The zero-order chi connectivity index (χ0) is 7.40. The van der Waals surface area contributed by atoms with Crippen LogP contribution in [-0.2, 0) is 0 Å². The molecular weight excluding hydrogens is 120 g/mol. The van der Waals surface area contributed by atoms with Crippen LogP contribution in [0.15, 0.2) is 35.5 Å². The molecule has 0 radical (unpaired) electrons. The Hall–Kier alpha value is -0.780. The van der Waals surface area contributed by atoms with E-state index in [-0.39, 0.29) is 0 Å². The van der Waals surface area contributed by atoms with Crippen molar-refractivity contribution in [3.63, 3.8) is 0 Å². The van der Waals surface area contributed by atoms with Crippen LogP contribution in [0.5, 0.6) is 0 Å². The summed E-state index contributed by atoms with van der Waals surface area (Å²) in [7, 11) is 0. The topological polar surface area (TPSA) is 0 Å². The quantitative estimate of drug-likeness (QED) is 0.516. The van der Waals surface area contributed by atoms with Crippen LogP contribution in [0.3, 0.4) is 0 Å². The summed E-state index contributed by atoms with van der Waals surface area (Å²) in [6.07, 6.45) is 11.3. The van der Waals surface area contributed by atoms with Crippen molar-refractivity contribution in [2.45, 2.75) is 26.7 Å². The van der Waals surface area contributed by atoms with Crippen molar-refractivity contribution in [3.8, 4) is 0 Å². The Morgan fingerprint density at radius 2 is 2.00 bits per heavy atom. The Labute approximate surface area is 62.9 Å². The van der Waals surface area contributed by atoms with Crippen molar-refractivity contribution in [1.82, 2.24) is 0 Å². The highest BCUT2D eigenvalue weighted by Gasteiger charge is 1.98. The number of hydrogen-bond acceptors (Lipinski definition) is 0. The van der Waals surface area contributed by atoms with Gasteiger partial charge < -0.3 is 0 Å². The summed E-state index contributed by atoms with van der Waals surface area (Å²) in [4.78, 5) is 0. The van der Waals surface area contributed by atoms with E-state index in [1.54, 1.807) is 0 Å². The highest BCUT2D eigenvalue weighted by Crippen LogP contribution is 2.18. The lowest BCUT2D eigenvalue weighted by Crippen LogP contribution is -1.87. The predicted octanol–water partition coefficient (Wildman–Crippen LogP) is 3.23. The third-order valence-electron chi connectivity index (χ3n) is 1.78. The van der Waals surface area contributed by atoms with Crippen molar-refractivity contribution < 1.29 is 0 Å². The van der Waals surface area contributed by atoms with E-state index in [1.165, 1.54) is 24.0 Å². The van der Waals surface area contributed by atoms with Crippen molar-refractivity contribution in [1.29, 1.82) is 0 Å². The summed E-state index contributed by atoms with van der Waals surface area (Å²) >= 11 is 0. The summed E-state index contributed by atoms with van der Waals surface area (Å²) in [6, 6.07) is 0. The first kappa shape index (κ1) is 7.33. The molecule has 0 aliphatic heterocycles. The minimum Gasteiger partial charge on any atom is -0.0871 e. The van der Waals surface area contributed by atoms with E-state index in [9.17, 15) is 0 Å². The summed E-state index contributed by atoms with van der Waals surface area (Å²) in [6.45, 7) is 4.23. The third kappa shape index (κ3) is 1.60. The van der Waals surface area contributed by atoms with E-state index >= 15 is 0 Å². The van der Waals surface area contributed by atoms with Gasteiger partial charge in [0.05, 0.1) is 0 Å². The predicted molar refractivity (Wildman–Crippen MR) is 45.9 cm³/mol. The molecule has 0 fully saturated rings. The van der Waals surface area contributed by atoms with Gasteiger partial charge in [-0.05, 0) is 37.8 Å². The van der Waals surface area contributed by atoms with E-state index in [4.69, 9.17) is 0 Å². The van der Waals surface area contributed by atoms with Crippen LogP contribution in [0.4, 0.5) is 0 Å². The molecule has 0 N–H and O–H groups in total. The number of rotatable bonds is 1. The summed E-state index contributed by atoms with van der Waals surface area (Å²) < 4.78 is 0. The first-order valence-electron chi connectivity index (χ1n) is 3.84. The number of hydrogen-bond donors (Lipinski definition) is 0. The van der Waals surface area contributed by atoms with E-state index in [0.29, 0.717) is 0 Å². The first-order valence-corrected chi connectivity index (χ1v) is 3.84. The van der Waals surface area contributed by atoms with E-state index < -0.39 is 0 Å². The molecule has 1 rings (SSSR count). The molecule has 0 aromatic carbocycles. The van der Waals surface area contributed by atoms with E-state index in [1.807, 2.05) is 0 Å². The van der Waals surface area contributed by atoms with E-state index in [2.05, 4.69) is 38.2 Å². The molecule has 0 amide bonds. The summed E-state index contributed by atoms with van der Waals surface area (Å²) in [5.74, 6) is 0. The molecule has 0 saturated carbocycles. The van der Waals surface area contributed by atoms with Gasteiger partial charge in [0.1, 0.15) is 0 Å². The van der Waals surface area contributed by atoms with Crippen LogP contribution in [0, 0.1) is 0 Å². The second-order valence-corrected chi connectivity index (χ2v) is 2.62. The van der Waals surface area contributed by atoms with Crippen LogP contribution in [0.25, 0.3) is 0 Å². The zero-order valence-electron chi connectivity index (χ0n) is 6.72. The zero-order valence-corrected chi connectivity index (χ0v) is 6.72. The third-order valence-corrected chi connectivity index (χ3v) is 1.78. The molecule has 0 heteroatoms. The van der Waals surface area contributed by atoms with Crippen LogP contribution < -0.4 is 0 Å². The maximum Gasteiger partial charge on any atom is -0.0274 e. The lowest BCUT2D eigenvalue weighted by atomic mass is 9.99. The molecule has 1 aliphatic rings. The molecule has 54 valence electrons. The second kappa shape index (κ2) is 3.40. The highest BCUT2D eigenvalue weighted by atomic mass is 14.0. The van der Waals surface area contributed by atoms with Crippen molar-refractivity contribution >= 4 is 0 Å². The highest BCUT2D eigenvalue weighted by molar-refractivity contribution is 5.39. The van der Waals surface area contributed by atoms with Gasteiger partial charge in [-0.2, -0.15) is 0 Å². The Bertz CT molecular complexity index is 192. The molecule has 0 aromatic heterocycles. The normalized spacial score (nSPS) is 19.0. The van der Waals surface area contributed by atoms with Gasteiger partial charge in [-0.15, -0.1) is 0 Å². The fourth-order valence-corrected chi connectivity index (χ4v) is 1.20. The molecule has 0 spiro atoms. The molecule has 0 aromatic rings. The molecule has 1 aliphatic carbocycles. The largest absolute Gasteiger partial charge is 0.0871 e. The number of allylic oxidation sites excluding steroid dienone is 6. The first-order chi connectivity index (χ1) is 4.84. The van der Waals surface area contributed by atoms with E-state index in [0.717, 1.165) is 0 Å². The Morgan fingerprint density at radius 1 is 1.30 bits per heavy atom. The van der Waals surface area contributed by atoms with Crippen LogP contribution in [0.2, 0.25) is 0 Å². The van der Waals surface area contributed by atoms with Gasteiger partial charge in [0.25, 0.3) is 0 Å². The lowest BCUT2D eigenvalue weighted by molar-refractivity contribution is 1.00. The van der Waals surface area contributed by atoms with Gasteiger partial charge >= 0.3 is 0 Å². The molecule has 0 nitrogen and oxygen atoms in total. The average Bonchev–Trinajstić information content (AvgIpc) is 1.94. The van der Waals surface area contributed by atoms with Gasteiger partial charge in [0, 0.05) is 0 Å². The Balaban J connectivity index is 2.74. The molecule has 0 saturated heterocycles. The summed E-state index contributed by atoms with van der Waals surface area (Å²) in [5, 5.41) is 0. The van der Waals surface area contributed by atoms with Gasteiger partial charge in [0.15, 0.2) is 0 Å². The van der Waals surface area contributed by atoms with Gasteiger partial charge in [-0.1, -0.05) is 24.3 Å². The van der Waals surface area contributed by atoms with Crippen molar-refractivity contribution in [3.05, 3.63) is 35.5 Å². The van der Waals surface area contributed by atoms with Crippen LogP contribution >= 0.6 is 0 Å². The van der Waals surface area contributed by atoms with Crippen molar-refractivity contribution in [2.24, 2.45) is 0 Å². The van der Waals surface area contributed by atoms with Gasteiger partial charge in [0.2, 0.25) is 0 Å². The van der Waals surface area contributed by atoms with Crippen LogP contribution in [0.1, 0.15) is 26.7 Å². The smallest absolute Gasteiger partial charge is 0.0274 e. The second-order valence-electron chi connectivity index (χ2n) is 2.62. The Kier molecular flexibility index (Phi) is 2.49. The van der Waals surface area contributed by atoms with Gasteiger partial charge in [-0.25, -0.2) is 0 Å². The minimum atomic E-state index is 1.21. The molecular formula is C10H14. The lowest BCUT2D eigenvalue weighted by Gasteiger charge is -2.07. The summed E-state index contributed by atoms with van der Waals surface area (Å²) in [5.41, 5.74) is 2.82. The molecule has 0 heterocycles. The fraction of sp³-hybridized carbons (Fsp3) is 0.400. The van der Waals surface area contributed by atoms with Crippen LogP contribution in [-0.4, -0.2) is 0 Å². The Morgan fingerprint density at radius 3 is 2.60 bits per heavy atom. The molecule has 0 unspecified atom stereocenters. The van der Waals surface area contributed by atoms with Crippen molar-refractivity contribution in [2.75, 3.05) is 0 Å². The standard InChI is InChI=1S/C10H14/c1-3-6-10-8-5-4-7-9(10)2/h3,6-8H,4-5H2,1-2H3. The molecule has 10 heavy (non-hydrogen) atoms. The molecule has 0 atom stereocenters. The maximum atomic E-state index is 2.30. The monoisotopic (exact) mass is 134 g/mol. The SMILES string of the molecule is CC=CC1=CCCC=C1C. The minimum absolute atomic E-state index is 1.21. The fourth-order valence-electron chi connectivity index (χ4n) is 1.20. The maximum absolute atomic E-state index is 2.30.